The summed E-state index contributed by atoms with van der Waals surface area (Å²) in [7, 11) is 0. The molecule has 2 amide bonds. The number of benzene rings is 1. The van der Waals surface area contributed by atoms with Crippen molar-refractivity contribution in [2.45, 2.75) is 38.6 Å². The molecule has 1 aromatic carbocycles. The number of hydrogen-bond donors (Lipinski definition) is 2. The van der Waals surface area contributed by atoms with Crippen molar-refractivity contribution < 1.29 is 14.3 Å². The molecule has 25 heavy (non-hydrogen) atoms. The Hall–Kier alpha value is -2.08. The van der Waals surface area contributed by atoms with Gasteiger partial charge < -0.3 is 20.3 Å². The summed E-state index contributed by atoms with van der Waals surface area (Å²) in [6.07, 6.45) is 4.36. The molecule has 6 heteroatoms. The molecule has 1 aliphatic heterocycles. The van der Waals surface area contributed by atoms with Gasteiger partial charge in [0.05, 0.1) is 24.6 Å². The molecule has 1 heterocycles. The molecule has 2 unspecified atom stereocenters. The van der Waals surface area contributed by atoms with Crippen LogP contribution < -0.4 is 15.5 Å². The summed E-state index contributed by atoms with van der Waals surface area (Å²) in [5.74, 6) is -0.722. The smallest absolute Gasteiger partial charge is 0.313 e. The zero-order valence-electron chi connectivity index (χ0n) is 14.8. The maximum Gasteiger partial charge on any atom is 0.313 e. The Kier molecular flexibility index (Phi) is 5.91. The molecule has 0 aromatic heterocycles. The number of nitrogens with zero attached hydrogens (tertiary/aromatic N) is 1. The third-order valence-corrected chi connectivity index (χ3v) is 5.14. The van der Waals surface area contributed by atoms with Crippen LogP contribution in [0, 0.1) is 5.92 Å². The van der Waals surface area contributed by atoms with Crippen molar-refractivity contribution in [3.05, 3.63) is 24.3 Å². The number of ether oxygens (including phenoxy) is 1. The predicted octanol–water partition coefficient (Wildman–Crippen LogP) is 2.16. The number of para-hydroxylation sites is 2. The summed E-state index contributed by atoms with van der Waals surface area (Å²) >= 11 is 0. The summed E-state index contributed by atoms with van der Waals surface area (Å²) in [6, 6.07) is 7.69. The minimum Gasteiger partial charge on any atom is -0.378 e. The van der Waals surface area contributed by atoms with Gasteiger partial charge in [-0.2, -0.15) is 0 Å². The second-order valence-corrected chi connectivity index (χ2v) is 6.91. The predicted molar refractivity (Wildman–Crippen MR) is 97.7 cm³/mol. The second kappa shape index (κ2) is 8.34. The maximum atomic E-state index is 12.4. The molecule has 2 fully saturated rings. The van der Waals surface area contributed by atoms with Crippen molar-refractivity contribution in [1.82, 2.24) is 5.32 Å². The number of hydrogen-bond acceptors (Lipinski definition) is 4. The third kappa shape index (κ3) is 4.51. The van der Waals surface area contributed by atoms with Crippen molar-refractivity contribution in [2.24, 2.45) is 5.92 Å². The van der Waals surface area contributed by atoms with Gasteiger partial charge >= 0.3 is 11.8 Å². The van der Waals surface area contributed by atoms with Crippen molar-refractivity contribution in [3.63, 3.8) is 0 Å². The first kappa shape index (κ1) is 17.7. The molecule has 2 atom stereocenters. The van der Waals surface area contributed by atoms with Crippen LogP contribution in [0.25, 0.3) is 0 Å². The zero-order chi connectivity index (χ0) is 17.6. The number of nitrogens with one attached hydrogen (secondary N) is 2. The Bertz CT molecular complexity index is 614. The van der Waals surface area contributed by atoms with E-state index >= 15 is 0 Å². The molecular formula is C19H27N3O3. The van der Waals surface area contributed by atoms with Crippen LogP contribution in [0.15, 0.2) is 24.3 Å². The van der Waals surface area contributed by atoms with E-state index in [4.69, 9.17) is 4.74 Å². The Balaban J connectivity index is 1.63. The Morgan fingerprint density at radius 3 is 2.56 bits per heavy atom. The highest BCUT2D eigenvalue weighted by atomic mass is 16.5. The standard InChI is InChI=1S/C19H27N3O3/c1-14-6-2-3-7-15(14)20-18(23)19(24)21-16-8-4-5-9-17(16)22-10-12-25-13-11-22/h4-5,8-9,14-15H,2-3,6-7,10-13H2,1H3,(H,20,23)(H,21,24). The van der Waals surface area contributed by atoms with Crippen LogP contribution in [0.1, 0.15) is 32.6 Å². The SMILES string of the molecule is CC1CCCCC1NC(=O)C(=O)Nc1ccccc1N1CCOCC1. The molecule has 0 bridgehead atoms. The van der Waals surface area contributed by atoms with Gasteiger partial charge in [0.2, 0.25) is 0 Å². The van der Waals surface area contributed by atoms with Crippen LogP contribution in [0.5, 0.6) is 0 Å². The lowest BCUT2D eigenvalue weighted by Crippen LogP contribution is -2.46. The van der Waals surface area contributed by atoms with Gasteiger partial charge in [-0.3, -0.25) is 9.59 Å². The van der Waals surface area contributed by atoms with Crippen LogP contribution in [-0.4, -0.2) is 44.2 Å². The molecule has 136 valence electrons. The normalized spacial score (nSPS) is 23.8. The van der Waals surface area contributed by atoms with Crippen LogP contribution >= 0.6 is 0 Å². The first-order valence-corrected chi connectivity index (χ1v) is 9.18. The number of rotatable bonds is 3. The molecule has 2 N–H and O–H groups in total. The Morgan fingerprint density at radius 1 is 1.08 bits per heavy atom. The molecule has 0 radical (unpaired) electrons. The summed E-state index contributed by atoms with van der Waals surface area (Å²) in [5.41, 5.74) is 1.60. The van der Waals surface area contributed by atoms with Crippen molar-refractivity contribution in [1.29, 1.82) is 0 Å². The lowest BCUT2D eigenvalue weighted by molar-refractivity contribution is -0.137. The molecule has 1 aliphatic carbocycles. The fourth-order valence-corrected chi connectivity index (χ4v) is 3.60. The molecule has 2 aliphatic rings. The molecule has 1 saturated carbocycles. The third-order valence-electron chi connectivity index (χ3n) is 5.14. The fraction of sp³-hybridized carbons (Fsp3) is 0.579. The van der Waals surface area contributed by atoms with Gasteiger partial charge in [0.1, 0.15) is 0 Å². The molecule has 1 saturated heterocycles. The van der Waals surface area contributed by atoms with E-state index in [1.54, 1.807) is 0 Å². The molecule has 6 nitrogen and oxygen atoms in total. The highest BCUT2D eigenvalue weighted by molar-refractivity contribution is 6.40. The topological polar surface area (TPSA) is 70.7 Å². The number of amides is 2. The van der Waals surface area contributed by atoms with Crippen LogP contribution in [0.3, 0.4) is 0 Å². The Morgan fingerprint density at radius 2 is 1.80 bits per heavy atom. The van der Waals surface area contributed by atoms with Gasteiger partial charge in [0.25, 0.3) is 0 Å². The first-order valence-electron chi connectivity index (χ1n) is 9.18. The highest BCUT2D eigenvalue weighted by Crippen LogP contribution is 2.27. The van der Waals surface area contributed by atoms with E-state index in [9.17, 15) is 9.59 Å². The first-order chi connectivity index (χ1) is 12.1. The summed E-state index contributed by atoms with van der Waals surface area (Å²) < 4.78 is 5.38. The summed E-state index contributed by atoms with van der Waals surface area (Å²) in [4.78, 5) is 26.8. The average Bonchev–Trinajstić information content (AvgIpc) is 2.64. The monoisotopic (exact) mass is 345 g/mol. The van der Waals surface area contributed by atoms with E-state index in [0.29, 0.717) is 24.8 Å². The summed E-state index contributed by atoms with van der Waals surface area (Å²) in [6.45, 7) is 5.03. The molecule has 0 spiro atoms. The van der Waals surface area contributed by atoms with E-state index in [2.05, 4.69) is 22.5 Å². The number of carbonyl (C=O) groups excluding carboxylic acids is 2. The lowest BCUT2D eigenvalue weighted by Gasteiger charge is -2.31. The largest absolute Gasteiger partial charge is 0.378 e. The van der Waals surface area contributed by atoms with Gasteiger partial charge in [-0.15, -0.1) is 0 Å². The number of morpholine rings is 1. The van der Waals surface area contributed by atoms with E-state index in [-0.39, 0.29) is 6.04 Å². The minimum absolute atomic E-state index is 0.0986. The quantitative estimate of drug-likeness (QED) is 0.824. The molecular weight excluding hydrogens is 318 g/mol. The van der Waals surface area contributed by atoms with Gasteiger partial charge in [-0.05, 0) is 30.9 Å². The van der Waals surface area contributed by atoms with Crippen molar-refractivity contribution in [3.8, 4) is 0 Å². The van der Waals surface area contributed by atoms with Crippen molar-refractivity contribution in [2.75, 3.05) is 36.5 Å². The number of carbonyl (C=O) groups is 2. The zero-order valence-corrected chi connectivity index (χ0v) is 14.8. The van der Waals surface area contributed by atoms with E-state index in [1.165, 1.54) is 6.42 Å². The van der Waals surface area contributed by atoms with E-state index < -0.39 is 11.8 Å². The second-order valence-electron chi connectivity index (χ2n) is 6.91. The highest BCUT2D eigenvalue weighted by Gasteiger charge is 2.26. The fourth-order valence-electron chi connectivity index (χ4n) is 3.60. The van der Waals surface area contributed by atoms with Crippen LogP contribution in [-0.2, 0) is 14.3 Å². The minimum atomic E-state index is -0.599. The van der Waals surface area contributed by atoms with E-state index in [1.807, 2.05) is 24.3 Å². The average molecular weight is 345 g/mol. The Labute approximate surface area is 148 Å². The molecule has 1 aromatic rings. The van der Waals surface area contributed by atoms with Gasteiger partial charge in [0, 0.05) is 19.1 Å². The van der Waals surface area contributed by atoms with Gasteiger partial charge in [0.15, 0.2) is 0 Å². The van der Waals surface area contributed by atoms with Crippen molar-refractivity contribution >= 4 is 23.2 Å². The molecule has 3 rings (SSSR count). The lowest BCUT2D eigenvalue weighted by atomic mass is 9.86. The maximum absolute atomic E-state index is 12.4. The van der Waals surface area contributed by atoms with Crippen LogP contribution in [0.2, 0.25) is 0 Å². The number of anilines is 2. The van der Waals surface area contributed by atoms with Gasteiger partial charge in [-0.1, -0.05) is 31.9 Å². The summed E-state index contributed by atoms with van der Waals surface area (Å²) in [5, 5.41) is 5.68. The van der Waals surface area contributed by atoms with Gasteiger partial charge in [-0.25, -0.2) is 0 Å². The van der Waals surface area contributed by atoms with E-state index in [0.717, 1.165) is 38.0 Å². The van der Waals surface area contributed by atoms with Crippen LogP contribution in [0.4, 0.5) is 11.4 Å².